The van der Waals surface area contributed by atoms with Crippen LogP contribution in [0.25, 0.3) is 0 Å². The van der Waals surface area contributed by atoms with Gasteiger partial charge in [-0.3, -0.25) is 4.79 Å². The Morgan fingerprint density at radius 3 is 2.76 bits per heavy atom. The first kappa shape index (κ1) is 14.5. The van der Waals surface area contributed by atoms with Crippen molar-refractivity contribution in [2.24, 2.45) is 0 Å². The Kier molecular flexibility index (Phi) is 4.52. The summed E-state index contributed by atoms with van der Waals surface area (Å²) in [4.78, 5) is 11.1. The van der Waals surface area contributed by atoms with Crippen molar-refractivity contribution in [3.05, 3.63) is 59.4 Å². The summed E-state index contributed by atoms with van der Waals surface area (Å²) in [5.74, 6) is -0.366. The number of carbonyl (C=O) groups excluding carboxylic acids is 1. The zero-order chi connectivity index (χ0) is 15.2. The highest BCUT2D eigenvalue weighted by atomic mass is 19.1. The second-order valence-electron chi connectivity index (χ2n) is 4.36. The number of hydrogen-bond acceptors (Lipinski definition) is 3. The van der Waals surface area contributed by atoms with Crippen LogP contribution in [0.3, 0.4) is 0 Å². The van der Waals surface area contributed by atoms with Crippen molar-refractivity contribution in [1.82, 2.24) is 0 Å². The topological polar surface area (TPSA) is 62.1 Å². The van der Waals surface area contributed by atoms with Crippen molar-refractivity contribution in [3.8, 4) is 11.8 Å². The highest BCUT2D eigenvalue weighted by Gasteiger charge is 2.10. The predicted molar refractivity (Wildman–Crippen MR) is 76.2 cm³/mol. The molecule has 0 heterocycles. The van der Waals surface area contributed by atoms with Gasteiger partial charge in [-0.25, -0.2) is 4.39 Å². The smallest absolute Gasteiger partial charge is 0.221 e. The first-order valence-electron chi connectivity index (χ1n) is 6.28. The van der Waals surface area contributed by atoms with Gasteiger partial charge in [-0.1, -0.05) is 24.3 Å². The van der Waals surface area contributed by atoms with Gasteiger partial charge in [0, 0.05) is 12.5 Å². The zero-order valence-corrected chi connectivity index (χ0v) is 11.4. The second-order valence-corrected chi connectivity index (χ2v) is 4.36. The van der Waals surface area contributed by atoms with E-state index in [1.165, 1.54) is 13.0 Å². The number of para-hydroxylation sites is 2. The molecule has 0 unspecified atom stereocenters. The first-order valence-corrected chi connectivity index (χ1v) is 6.28. The van der Waals surface area contributed by atoms with E-state index in [4.69, 9.17) is 10.00 Å². The SMILES string of the molecule is CC(=O)Nc1ccccc1OCc1cccc(C#N)c1F. The second kappa shape index (κ2) is 6.53. The lowest BCUT2D eigenvalue weighted by atomic mass is 10.1. The molecule has 0 aliphatic carbocycles. The minimum Gasteiger partial charge on any atom is -0.487 e. The van der Waals surface area contributed by atoms with Crippen molar-refractivity contribution in [2.45, 2.75) is 13.5 Å². The van der Waals surface area contributed by atoms with Gasteiger partial charge in [0.1, 0.15) is 24.2 Å². The number of carbonyl (C=O) groups is 1. The largest absolute Gasteiger partial charge is 0.487 e. The normalized spacial score (nSPS) is 9.76. The Morgan fingerprint density at radius 1 is 1.29 bits per heavy atom. The van der Waals surface area contributed by atoms with Crippen LogP contribution in [0.4, 0.5) is 10.1 Å². The third-order valence-electron chi connectivity index (χ3n) is 2.78. The molecule has 2 aromatic carbocycles. The Labute approximate surface area is 121 Å². The number of ether oxygens (including phenoxy) is 1. The van der Waals surface area contributed by atoms with Gasteiger partial charge in [0.2, 0.25) is 5.91 Å². The zero-order valence-electron chi connectivity index (χ0n) is 11.4. The maximum atomic E-state index is 13.9. The van der Waals surface area contributed by atoms with E-state index >= 15 is 0 Å². The van der Waals surface area contributed by atoms with Crippen LogP contribution >= 0.6 is 0 Å². The molecule has 0 aliphatic rings. The number of amides is 1. The van der Waals surface area contributed by atoms with Crippen LogP contribution < -0.4 is 10.1 Å². The fraction of sp³-hybridized carbons (Fsp3) is 0.125. The molecule has 0 spiro atoms. The van der Waals surface area contributed by atoms with E-state index in [0.29, 0.717) is 11.4 Å². The van der Waals surface area contributed by atoms with E-state index in [2.05, 4.69) is 5.32 Å². The summed E-state index contributed by atoms with van der Waals surface area (Å²) in [6.07, 6.45) is 0. The fourth-order valence-electron chi connectivity index (χ4n) is 1.82. The summed E-state index contributed by atoms with van der Waals surface area (Å²) in [5.41, 5.74) is 0.778. The van der Waals surface area contributed by atoms with E-state index in [1.807, 2.05) is 0 Å². The highest BCUT2D eigenvalue weighted by molar-refractivity contribution is 5.90. The lowest BCUT2D eigenvalue weighted by molar-refractivity contribution is -0.114. The maximum absolute atomic E-state index is 13.9. The summed E-state index contributed by atoms with van der Waals surface area (Å²) in [7, 11) is 0. The quantitative estimate of drug-likeness (QED) is 0.937. The average Bonchev–Trinajstić information content (AvgIpc) is 2.47. The molecule has 0 fully saturated rings. The third-order valence-corrected chi connectivity index (χ3v) is 2.78. The summed E-state index contributed by atoms with van der Waals surface area (Å²) >= 11 is 0. The standard InChI is InChI=1S/C16H13FN2O2/c1-11(20)19-14-7-2-3-8-15(14)21-10-13-6-4-5-12(9-18)16(13)17/h2-8H,10H2,1H3,(H,19,20). The number of anilines is 1. The van der Waals surface area contributed by atoms with Gasteiger partial charge in [0.05, 0.1) is 11.3 Å². The van der Waals surface area contributed by atoms with Gasteiger partial charge in [-0.2, -0.15) is 5.26 Å². The molecule has 2 rings (SSSR count). The number of hydrogen-bond donors (Lipinski definition) is 1. The molecule has 0 aliphatic heterocycles. The predicted octanol–water partition coefficient (Wildman–Crippen LogP) is 3.23. The van der Waals surface area contributed by atoms with Gasteiger partial charge in [-0.05, 0) is 18.2 Å². The minimum atomic E-state index is -0.586. The van der Waals surface area contributed by atoms with Gasteiger partial charge in [0.25, 0.3) is 0 Å². The Hall–Kier alpha value is -2.87. The molecular weight excluding hydrogens is 271 g/mol. The summed E-state index contributed by atoms with van der Waals surface area (Å²) in [5, 5.41) is 11.4. The van der Waals surface area contributed by atoms with Crippen molar-refractivity contribution in [3.63, 3.8) is 0 Å². The van der Waals surface area contributed by atoms with Crippen molar-refractivity contribution in [1.29, 1.82) is 5.26 Å². The number of halogens is 1. The monoisotopic (exact) mass is 284 g/mol. The molecule has 1 amide bonds. The molecule has 106 valence electrons. The van der Waals surface area contributed by atoms with E-state index in [0.717, 1.165) is 0 Å². The Balaban J connectivity index is 2.18. The third kappa shape index (κ3) is 3.57. The van der Waals surface area contributed by atoms with Crippen LogP contribution in [0.2, 0.25) is 0 Å². The lowest BCUT2D eigenvalue weighted by Crippen LogP contribution is -2.08. The van der Waals surface area contributed by atoms with Crippen LogP contribution in [-0.2, 0) is 11.4 Å². The highest BCUT2D eigenvalue weighted by Crippen LogP contribution is 2.25. The molecule has 0 bridgehead atoms. The number of rotatable bonds is 4. The van der Waals surface area contributed by atoms with E-state index < -0.39 is 5.82 Å². The van der Waals surface area contributed by atoms with Crippen molar-refractivity contribution >= 4 is 11.6 Å². The van der Waals surface area contributed by atoms with Crippen LogP contribution in [0, 0.1) is 17.1 Å². The van der Waals surface area contributed by atoms with Crippen LogP contribution in [0.1, 0.15) is 18.1 Å². The summed E-state index contributed by atoms with van der Waals surface area (Å²) in [6, 6.07) is 13.2. The fourth-order valence-corrected chi connectivity index (χ4v) is 1.82. The van der Waals surface area contributed by atoms with Gasteiger partial charge in [0.15, 0.2) is 0 Å². The van der Waals surface area contributed by atoms with Crippen LogP contribution in [0.5, 0.6) is 5.75 Å². The van der Waals surface area contributed by atoms with Crippen LogP contribution in [0.15, 0.2) is 42.5 Å². The molecule has 0 saturated heterocycles. The molecule has 2 aromatic rings. The molecule has 0 atom stereocenters. The van der Waals surface area contributed by atoms with E-state index in [-0.39, 0.29) is 23.6 Å². The van der Waals surface area contributed by atoms with Gasteiger partial charge in [-0.15, -0.1) is 0 Å². The van der Waals surface area contributed by atoms with E-state index in [9.17, 15) is 9.18 Å². The molecule has 5 heteroatoms. The number of nitrogens with one attached hydrogen (secondary N) is 1. The van der Waals surface area contributed by atoms with Gasteiger partial charge < -0.3 is 10.1 Å². The molecule has 21 heavy (non-hydrogen) atoms. The molecular formula is C16H13FN2O2. The van der Waals surface area contributed by atoms with Crippen LogP contribution in [-0.4, -0.2) is 5.91 Å². The number of nitriles is 1. The summed E-state index contributed by atoms with van der Waals surface area (Å²) < 4.78 is 19.5. The summed E-state index contributed by atoms with van der Waals surface area (Å²) in [6.45, 7) is 1.37. The van der Waals surface area contributed by atoms with Crippen molar-refractivity contribution in [2.75, 3.05) is 5.32 Å². The maximum Gasteiger partial charge on any atom is 0.221 e. The lowest BCUT2D eigenvalue weighted by Gasteiger charge is -2.12. The molecule has 0 aromatic heterocycles. The molecule has 4 nitrogen and oxygen atoms in total. The minimum absolute atomic E-state index is 0.0220. The van der Waals surface area contributed by atoms with Gasteiger partial charge >= 0.3 is 0 Å². The van der Waals surface area contributed by atoms with Crippen molar-refractivity contribution < 1.29 is 13.9 Å². The molecule has 0 radical (unpaired) electrons. The molecule has 0 saturated carbocycles. The Bertz CT molecular complexity index is 708. The first-order chi connectivity index (χ1) is 10.1. The van der Waals surface area contributed by atoms with E-state index in [1.54, 1.807) is 42.5 Å². The molecule has 1 N–H and O–H groups in total. The number of benzene rings is 2. The average molecular weight is 284 g/mol. The number of nitrogens with zero attached hydrogens (tertiary/aromatic N) is 1. The Morgan fingerprint density at radius 2 is 2.05 bits per heavy atom.